The van der Waals surface area contributed by atoms with Gasteiger partial charge in [-0.25, -0.2) is 0 Å². The zero-order chi connectivity index (χ0) is 14.5. The summed E-state index contributed by atoms with van der Waals surface area (Å²) in [5.41, 5.74) is 3.53. The van der Waals surface area contributed by atoms with Gasteiger partial charge in [-0.2, -0.15) is 11.3 Å². The summed E-state index contributed by atoms with van der Waals surface area (Å²) < 4.78 is 0. The Morgan fingerprint density at radius 1 is 1.19 bits per heavy atom. The minimum Gasteiger partial charge on any atom is -0.348 e. The van der Waals surface area contributed by atoms with Crippen LogP contribution in [0.15, 0.2) is 59.7 Å². The second-order valence-corrected chi connectivity index (χ2v) is 5.23. The predicted octanol–water partition coefficient (Wildman–Crippen LogP) is 3.14. The maximum atomic E-state index is 12.0. The topological polar surface area (TPSA) is 54.9 Å². The van der Waals surface area contributed by atoms with Crippen LogP contribution in [0, 0.1) is 0 Å². The van der Waals surface area contributed by atoms with Crippen molar-refractivity contribution in [2.45, 2.75) is 6.54 Å². The van der Waals surface area contributed by atoms with Gasteiger partial charge in [-0.15, -0.1) is 0 Å². The minimum absolute atomic E-state index is 0.136. The fourth-order valence-corrected chi connectivity index (χ4v) is 2.66. The Bertz CT molecular complexity index is 726. The molecule has 3 aromatic rings. The predicted molar refractivity (Wildman–Crippen MR) is 83.0 cm³/mol. The lowest BCUT2D eigenvalue weighted by Gasteiger charge is -2.08. The molecule has 0 atom stereocenters. The molecule has 21 heavy (non-hydrogen) atoms. The molecule has 1 amide bonds. The molecule has 3 heterocycles. The lowest BCUT2D eigenvalue weighted by atomic mass is 10.1. The van der Waals surface area contributed by atoms with E-state index in [1.807, 2.05) is 23.6 Å². The highest BCUT2D eigenvalue weighted by Crippen LogP contribution is 2.23. The van der Waals surface area contributed by atoms with Crippen LogP contribution in [-0.2, 0) is 6.54 Å². The van der Waals surface area contributed by atoms with Gasteiger partial charge in [0.15, 0.2) is 0 Å². The number of thiophene rings is 1. The van der Waals surface area contributed by atoms with Gasteiger partial charge in [0, 0.05) is 36.1 Å². The Kier molecular flexibility index (Phi) is 4.02. The van der Waals surface area contributed by atoms with E-state index in [9.17, 15) is 4.79 Å². The number of nitrogens with zero attached hydrogens (tertiary/aromatic N) is 2. The summed E-state index contributed by atoms with van der Waals surface area (Å²) in [7, 11) is 0. The van der Waals surface area contributed by atoms with Crippen LogP contribution in [-0.4, -0.2) is 15.9 Å². The molecule has 0 saturated heterocycles. The summed E-state index contributed by atoms with van der Waals surface area (Å²) in [6, 6.07) is 9.37. The van der Waals surface area contributed by atoms with Crippen molar-refractivity contribution in [3.05, 3.63) is 70.8 Å². The van der Waals surface area contributed by atoms with Gasteiger partial charge in [0.2, 0.25) is 0 Å². The molecular formula is C16H13N3OS. The van der Waals surface area contributed by atoms with Gasteiger partial charge in [0.25, 0.3) is 5.91 Å². The van der Waals surface area contributed by atoms with E-state index in [-0.39, 0.29) is 5.91 Å². The third kappa shape index (κ3) is 3.14. The molecular weight excluding hydrogens is 282 g/mol. The van der Waals surface area contributed by atoms with E-state index in [0.717, 1.165) is 16.8 Å². The standard InChI is InChI=1S/C16H13N3OS/c20-16(13-4-1-6-17-9-13)19-10-12-3-2-7-18-15(12)14-5-8-21-11-14/h1-9,11H,10H2,(H,19,20). The highest BCUT2D eigenvalue weighted by atomic mass is 32.1. The molecule has 104 valence electrons. The zero-order valence-electron chi connectivity index (χ0n) is 11.2. The van der Waals surface area contributed by atoms with E-state index in [0.29, 0.717) is 12.1 Å². The van der Waals surface area contributed by atoms with Crippen molar-refractivity contribution in [1.29, 1.82) is 0 Å². The molecule has 0 unspecified atom stereocenters. The molecule has 5 heteroatoms. The van der Waals surface area contributed by atoms with Gasteiger partial charge in [-0.05, 0) is 35.2 Å². The molecule has 0 aliphatic rings. The number of hydrogen-bond donors (Lipinski definition) is 1. The number of rotatable bonds is 4. The molecule has 0 aliphatic carbocycles. The Balaban J connectivity index is 1.76. The Hall–Kier alpha value is -2.53. The molecule has 0 fully saturated rings. The summed E-state index contributed by atoms with van der Waals surface area (Å²) in [6.07, 6.45) is 4.96. The molecule has 0 bridgehead atoms. The quantitative estimate of drug-likeness (QED) is 0.804. The SMILES string of the molecule is O=C(NCc1cccnc1-c1ccsc1)c1cccnc1. The third-order valence-electron chi connectivity index (χ3n) is 3.05. The third-order valence-corrected chi connectivity index (χ3v) is 3.73. The number of carbonyl (C=O) groups is 1. The van der Waals surface area contributed by atoms with Crippen molar-refractivity contribution in [2.75, 3.05) is 0 Å². The van der Waals surface area contributed by atoms with Gasteiger partial charge < -0.3 is 5.32 Å². The van der Waals surface area contributed by atoms with E-state index in [2.05, 4.69) is 20.7 Å². The maximum absolute atomic E-state index is 12.0. The molecule has 3 aromatic heterocycles. The molecule has 0 aliphatic heterocycles. The highest BCUT2D eigenvalue weighted by Gasteiger charge is 2.09. The molecule has 0 aromatic carbocycles. The minimum atomic E-state index is -0.136. The number of amides is 1. The van der Waals surface area contributed by atoms with Crippen LogP contribution in [0.2, 0.25) is 0 Å². The molecule has 1 N–H and O–H groups in total. The number of nitrogens with one attached hydrogen (secondary N) is 1. The van der Waals surface area contributed by atoms with Gasteiger partial charge >= 0.3 is 0 Å². The van der Waals surface area contributed by atoms with Gasteiger partial charge in [0.1, 0.15) is 0 Å². The summed E-state index contributed by atoms with van der Waals surface area (Å²) >= 11 is 1.63. The first-order chi connectivity index (χ1) is 10.3. The van der Waals surface area contributed by atoms with E-state index < -0.39 is 0 Å². The van der Waals surface area contributed by atoms with Crippen LogP contribution in [0.1, 0.15) is 15.9 Å². The van der Waals surface area contributed by atoms with Crippen LogP contribution in [0.5, 0.6) is 0 Å². The van der Waals surface area contributed by atoms with Gasteiger partial charge in [-0.1, -0.05) is 6.07 Å². The molecule has 0 radical (unpaired) electrons. The van der Waals surface area contributed by atoms with Crippen molar-refractivity contribution < 1.29 is 4.79 Å². The van der Waals surface area contributed by atoms with E-state index in [1.54, 1.807) is 42.1 Å². The summed E-state index contributed by atoms with van der Waals surface area (Å²) in [5.74, 6) is -0.136. The largest absolute Gasteiger partial charge is 0.348 e. The van der Waals surface area contributed by atoms with Crippen LogP contribution in [0.3, 0.4) is 0 Å². The maximum Gasteiger partial charge on any atom is 0.253 e. The second-order valence-electron chi connectivity index (χ2n) is 4.45. The Labute approximate surface area is 126 Å². The van der Waals surface area contributed by atoms with Crippen LogP contribution in [0.4, 0.5) is 0 Å². The smallest absolute Gasteiger partial charge is 0.253 e. The first-order valence-corrected chi connectivity index (χ1v) is 7.43. The summed E-state index contributed by atoms with van der Waals surface area (Å²) in [5, 5.41) is 6.97. The fraction of sp³-hybridized carbons (Fsp3) is 0.0625. The van der Waals surface area contributed by atoms with Crippen molar-refractivity contribution in [3.8, 4) is 11.3 Å². The van der Waals surface area contributed by atoms with Gasteiger partial charge in [-0.3, -0.25) is 14.8 Å². The van der Waals surface area contributed by atoms with Crippen LogP contribution in [0.25, 0.3) is 11.3 Å². The Morgan fingerprint density at radius 3 is 2.86 bits per heavy atom. The van der Waals surface area contributed by atoms with Crippen LogP contribution >= 0.6 is 11.3 Å². The first kappa shape index (κ1) is 13.5. The van der Waals surface area contributed by atoms with Crippen molar-refractivity contribution in [1.82, 2.24) is 15.3 Å². The Morgan fingerprint density at radius 2 is 2.10 bits per heavy atom. The number of carbonyl (C=O) groups excluding carboxylic acids is 1. The normalized spacial score (nSPS) is 10.3. The van der Waals surface area contributed by atoms with E-state index in [4.69, 9.17) is 0 Å². The first-order valence-electron chi connectivity index (χ1n) is 6.49. The average Bonchev–Trinajstić information content (AvgIpc) is 3.08. The zero-order valence-corrected chi connectivity index (χ0v) is 12.0. The number of hydrogen-bond acceptors (Lipinski definition) is 4. The lowest BCUT2D eigenvalue weighted by Crippen LogP contribution is -2.23. The van der Waals surface area contributed by atoms with Crippen molar-refractivity contribution in [3.63, 3.8) is 0 Å². The fourth-order valence-electron chi connectivity index (χ4n) is 2.02. The van der Waals surface area contributed by atoms with E-state index in [1.165, 1.54) is 0 Å². The van der Waals surface area contributed by atoms with Gasteiger partial charge in [0.05, 0.1) is 11.3 Å². The molecule has 0 saturated carbocycles. The lowest BCUT2D eigenvalue weighted by molar-refractivity contribution is 0.0950. The highest BCUT2D eigenvalue weighted by molar-refractivity contribution is 7.08. The van der Waals surface area contributed by atoms with Crippen molar-refractivity contribution >= 4 is 17.2 Å². The summed E-state index contributed by atoms with van der Waals surface area (Å²) in [6.45, 7) is 0.437. The van der Waals surface area contributed by atoms with Crippen LogP contribution < -0.4 is 5.32 Å². The van der Waals surface area contributed by atoms with E-state index >= 15 is 0 Å². The monoisotopic (exact) mass is 295 g/mol. The average molecular weight is 295 g/mol. The second kappa shape index (κ2) is 6.28. The summed E-state index contributed by atoms with van der Waals surface area (Å²) in [4.78, 5) is 20.4. The molecule has 4 nitrogen and oxygen atoms in total. The molecule has 0 spiro atoms. The molecule has 3 rings (SSSR count). The number of pyridine rings is 2. The number of aromatic nitrogens is 2. The van der Waals surface area contributed by atoms with Crippen molar-refractivity contribution in [2.24, 2.45) is 0 Å².